The van der Waals surface area contributed by atoms with Gasteiger partial charge in [0.05, 0.1) is 6.61 Å². The van der Waals surface area contributed by atoms with Crippen LogP contribution in [-0.2, 0) is 4.79 Å². The summed E-state index contributed by atoms with van der Waals surface area (Å²) in [6.45, 7) is 3.40. The molecule has 5 heteroatoms. The van der Waals surface area contributed by atoms with E-state index in [2.05, 4.69) is 0 Å². The normalized spacial score (nSPS) is 17.5. The molecule has 1 atom stereocenters. The maximum atomic E-state index is 12.1. The number of benzene rings is 1. The van der Waals surface area contributed by atoms with E-state index in [1.807, 2.05) is 4.90 Å². The van der Waals surface area contributed by atoms with Crippen molar-refractivity contribution in [3.05, 3.63) is 29.8 Å². The molecule has 1 amide bonds. The molecule has 1 saturated heterocycles. The second kappa shape index (κ2) is 7.94. The molecule has 0 saturated carbocycles. The van der Waals surface area contributed by atoms with E-state index in [4.69, 9.17) is 10.5 Å². The van der Waals surface area contributed by atoms with Gasteiger partial charge in [-0.05, 0) is 50.5 Å². The number of Topliss-reactive ketones (excluding diaryl/α,β-unsaturated/α-hetero) is 1. The zero-order valence-electron chi connectivity index (χ0n) is 13.1. The number of rotatable bonds is 7. The van der Waals surface area contributed by atoms with Crippen LogP contribution in [0, 0.1) is 0 Å². The number of ketones is 1. The van der Waals surface area contributed by atoms with Crippen molar-refractivity contribution in [2.45, 2.75) is 38.6 Å². The molecule has 1 unspecified atom stereocenters. The van der Waals surface area contributed by atoms with Crippen LogP contribution in [0.5, 0.6) is 5.75 Å². The Morgan fingerprint density at radius 3 is 2.68 bits per heavy atom. The predicted octanol–water partition coefficient (Wildman–Crippen LogP) is 2.00. The first-order valence-corrected chi connectivity index (χ1v) is 7.85. The first-order chi connectivity index (χ1) is 10.6. The van der Waals surface area contributed by atoms with Crippen LogP contribution in [0.4, 0.5) is 0 Å². The first-order valence-electron chi connectivity index (χ1n) is 7.85. The Morgan fingerprint density at radius 2 is 2.05 bits per heavy atom. The Bertz CT molecular complexity index is 513. The molecular weight excluding hydrogens is 280 g/mol. The number of hydrogen-bond acceptors (Lipinski definition) is 4. The minimum absolute atomic E-state index is 0.0391. The van der Waals surface area contributed by atoms with Gasteiger partial charge in [-0.25, -0.2) is 0 Å². The molecule has 5 nitrogen and oxygen atoms in total. The smallest absolute Gasteiger partial charge is 0.222 e. The molecular formula is C17H24N2O3. The van der Waals surface area contributed by atoms with Gasteiger partial charge in [0.1, 0.15) is 5.75 Å². The van der Waals surface area contributed by atoms with Crippen LogP contribution < -0.4 is 10.5 Å². The van der Waals surface area contributed by atoms with Gasteiger partial charge in [-0.1, -0.05) is 0 Å². The Kier molecular flexibility index (Phi) is 5.95. The summed E-state index contributed by atoms with van der Waals surface area (Å²) in [6.07, 6.45) is 3.23. The summed E-state index contributed by atoms with van der Waals surface area (Å²) in [5, 5.41) is 0. The maximum absolute atomic E-state index is 12.1. The van der Waals surface area contributed by atoms with Crippen LogP contribution >= 0.6 is 0 Å². The number of hydrogen-bond donors (Lipinski definition) is 1. The molecule has 1 aromatic rings. The highest BCUT2D eigenvalue weighted by atomic mass is 16.5. The molecule has 120 valence electrons. The molecule has 1 aliphatic rings. The van der Waals surface area contributed by atoms with Crippen LogP contribution in [0.3, 0.4) is 0 Å². The molecule has 1 heterocycles. The Balaban J connectivity index is 1.70. The number of nitrogens with zero attached hydrogens (tertiary/aromatic N) is 1. The second-order valence-corrected chi connectivity index (χ2v) is 5.65. The lowest BCUT2D eigenvalue weighted by molar-refractivity contribution is -0.132. The summed E-state index contributed by atoms with van der Waals surface area (Å²) in [7, 11) is 0. The lowest BCUT2D eigenvalue weighted by atomic mass is 10.1. The lowest BCUT2D eigenvalue weighted by Gasteiger charge is -2.23. The van der Waals surface area contributed by atoms with Crippen LogP contribution in [0.25, 0.3) is 0 Å². The number of amides is 1. The molecule has 0 aromatic heterocycles. The van der Waals surface area contributed by atoms with Crippen molar-refractivity contribution in [2.24, 2.45) is 5.73 Å². The van der Waals surface area contributed by atoms with Gasteiger partial charge < -0.3 is 15.4 Å². The molecule has 0 spiro atoms. The quantitative estimate of drug-likeness (QED) is 0.617. The summed E-state index contributed by atoms with van der Waals surface area (Å²) >= 11 is 0. The van der Waals surface area contributed by atoms with E-state index in [9.17, 15) is 9.59 Å². The fraction of sp³-hybridized carbons (Fsp3) is 0.529. The molecule has 1 aliphatic heterocycles. The SMILES string of the molecule is CC(=O)c1ccc(OCCCC(=O)N2CCCC2CN)cc1. The third kappa shape index (κ3) is 4.31. The van der Waals surface area contributed by atoms with Crippen molar-refractivity contribution < 1.29 is 14.3 Å². The predicted molar refractivity (Wildman–Crippen MR) is 85.0 cm³/mol. The van der Waals surface area contributed by atoms with E-state index in [0.29, 0.717) is 31.6 Å². The van der Waals surface area contributed by atoms with E-state index in [1.165, 1.54) is 6.92 Å². The summed E-state index contributed by atoms with van der Waals surface area (Å²) in [6, 6.07) is 7.28. The van der Waals surface area contributed by atoms with Crippen molar-refractivity contribution in [1.82, 2.24) is 4.90 Å². The largest absolute Gasteiger partial charge is 0.494 e. The molecule has 0 aliphatic carbocycles. The Morgan fingerprint density at radius 1 is 1.32 bits per heavy atom. The van der Waals surface area contributed by atoms with Crippen LogP contribution in [0.15, 0.2) is 24.3 Å². The van der Waals surface area contributed by atoms with Gasteiger partial charge >= 0.3 is 0 Å². The molecule has 0 radical (unpaired) electrons. The number of nitrogens with two attached hydrogens (primary N) is 1. The average molecular weight is 304 g/mol. The van der Waals surface area contributed by atoms with E-state index >= 15 is 0 Å². The summed E-state index contributed by atoms with van der Waals surface area (Å²) in [4.78, 5) is 25.2. The van der Waals surface area contributed by atoms with Gasteiger partial charge in [-0.15, -0.1) is 0 Å². The van der Waals surface area contributed by atoms with Gasteiger partial charge in [0.25, 0.3) is 0 Å². The van der Waals surface area contributed by atoms with Gasteiger partial charge in [-0.3, -0.25) is 9.59 Å². The molecule has 1 aromatic carbocycles. The number of likely N-dealkylation sites (tertiary alicyclic amines) is 1. The third-order valence-electron chi connectivity index (χ3n) is 4.03. The van der Waals surface area contributed by atoms with Crippen LogP contribution in [-0.4, -0.2) is 42.3 Å². The Labute approximate surface area is 131 Å². The van der Waals surface area contributed by atoms with Gasteiger partial charge in [0.2, 0.25) is 5.91 Å². The molecule has 2 N–H and O–H groups in total. The third-order valence-corrected chi connectivity index (χ3v) is 4.03. The van der Waals surface area contributed by atoms with E-state index in [-0.39, 0.29) is 17.7 Å². The first kappa shape index (κ1) is 16.5. The van der Waals surface area contributed by atoms with E-state index in [1.54, 1.807) is 24.3 Å². The lowest BCUT2D eigenvalue weighted by Crippen LogP contribution is -2.39. The molecule has 2 rings (SSSR count). The van der Waals surface area contributed by atoms with Gasteiger partial charge in [0.15, 0.2) is 5.78 Å². The minimum atomic E-state index is 0.0391. The van der Waals surface area contributed by atoms with E-state index in [0.717, 1.165) is 25.1 Å². The van der Waals surface area contributed by atoms with E-state index < -0.39 is 0 Å². The topological polar surface area (TPSA) is 72.6 Å². The van der Waals surface area contributed by atoms with Crippen molar-refractivity contribution in [3.63, 3.8) is 0 Å². The summed E-state index contributed by atoms with van der Waals surface area (Å²) in [5.41, 5.74) is 6.35. The zero-order chi connectivity index (χ0) is 15.9. The Hall–Kier alpha value is -1.88. The summed E-state index contributed by atoms with van der Waals surface area (Å²) < 4.78 is 5.60. The number of ether oxygens (including phenoxy) is 1. The minimum Gasteiger partial charge on any atom is -0.494 e. The highest BCUT2D eigenvalue weighted by Crippen LogP contribution is 2.18. The van der Waals surface area contributed by atoms with Crippen molar-refractivity contribution >= 4 is 11.7 Å². The van der Waals surface area contributed by atoms with Crippen LogP contribution in [0.2, 0.25) is 0 Å². The van der Waals surface area contributed by atoms with Gasteiger partial charge in [0, 0.05) is 31.1 Å². The summed E-state index contributed by atoms with van der Waals surface area (Å²) in [5.74, 6) is 0.930. The fourth-order valence-corrected chi connectivity index (χ4v) is 2.75. The number of carbonyl (C=O) groups excluding carboxylic acids is 2. The average Bonchev–Trinajstić information content (AvgIpc) is 3.00. The fourth-order valence-electron chi connectivity index (χ4n) is 2.75. The van der Waals surface area contributed by atoms with Crippen molar-refractivity contribution in [3.8, 4) is 5.75 Å². The highest BCUT2D eigenvalue weighted by molar-refractivity contribution is 5.94. The standard InChI is InChI=1S/C17H24N2O3/c1-13(20)14-6-8-16(9-7-14)22-11-3-5-17(21)19-10-2-4-15(19)12-18/h6-9,15H,2-5,10-12,18H2,1H3. The monoisotopic (exact) mass is 304 g/mol. The molecule has 1 fully saturated rings. The maximum Gasteiger partial charge on any atom is 0.222 e. The van der Waals surface area contributed by atoms with Crippen molar-refractivity contribution in [1.29, 1.82) is 0 Å². The molecule has 0 bridgehead atoms. The van der Waals surface area contributed by atoms with Crippen molar-refractivity contribution in [2.75, 3.05) is 19.7 Å². The molecule has 22 heavy (non-hydrogen) atoms. The highest BCUT2D eigenvalue weighted by Gasteiger charge is 2.26. The zero-order valence-corrected chi connectivity index (χ0v) is 13.1. The second-order valence-electron chi connectivity index (χ2n) is 5.65. The van der Waals surface area contributed by atoms with Crippen LogP contribution in [0.1, 0.15) is 43.0 Å². The number of carbonyl (C=O) groups is 2. The van der Waals surface area contributed by atoms with Gasteiger partial charge in [-0.2, -0.15) is 0 Å².